The Morgan fingerprint density at radius 2 is 1.41 bits per heavy atom. The van der Waals surface area contributed by atoms with Gasteiger partial charge in [-0.2, -0.15) is 4.57 Å². The van der Waals surface area contributed by atoms with Crippen molar-refractivity contribution in [2.75, 3.05) is 13.6 Å². The molecule has 5 nitrogen and oxygen atoms in total. The average Bonchev–Trinajstić information content (AvgIpc) is 3.47. The zero-order chi connectivity index (χ0) is 20.4. The molecule has 0 amide bonds. The maximum absolute atomic E-state index is 5.84. The summed E-state index contributed by atoms with van der Waals surface area (Å²) in [4.78, 5) is 0. The third kappa shape index (κ3) is 2.75. The van der Waals surface area contributed by atoms with Crippen LogP contribution in [0.2, 0.25) is 0 Å². The summed E-state index contributed by atoms with van der Waals surface area (Å²) in [5, 5.41) is 5.62. The molecule has 158 valence electrons. The lowest BCUT2D eigenvalue weighted by Gasteiger charge is -2.10. The minimum atomic E-state index is 0. The first kappa shape index (κ1) is 19.0. The van der Waals surface area contributed by atoms with Crippen molar-refractivity contribution in [3.05, 3.63) is 78.5 Å². The number of pyridine rings is 1. The molecule has 32 heavy (non-hydrogen) atoms. The standard InChI is InChI=1S/C26H18NO4.ClH/c1-2-4-16(5-3-1)12-27-13-21-18(8-9-22-26(21)31-15-28-22)19-7-6-17-10-23-24(30-14-29-23)11-20(17)25(19)27;/h1-11,13H,12,14-15H2;1H/q+1;/p-1. The van der Waals surface area contributed by atoms with Crippen LogP contribution in [0.3, 0.4) is 0 Å². The summed E-state index contributed by atoms with van der Waals surface area (Å²) in [7, 11) is 0. The number of nitrogens with zero attached hydrogens (tertiary/aromatic N) is 1. The number of halogens is 1. The van der Waals surface area contributed by atoms with Gasteiger partial charge in [0, 0.05) is 10.9 Å². The Bertz CT molecular complexity index is 1520. The molecule has 1 aromatic heterocycles. The van der Waals surface area contributed by atoms with E-state index in [0.29, 0.717) is 0 Å². The third-order valence-electron chi connectivity index (χ3n) is 6.12. The Labute approximate surface area is 190 Å². The molecule has 4 aromatic carbocycles. The molecule has 0 saturated carbocycles. The second-order valence-electron chi connectivity index (χ2n) is 7.89. The average molecular weight is 444 g/mol. The van der Waals surface area contributed by atoms with Crippen LogP contribution in [-0.2, 0) is 6.54 Å². The summed E-state index contributed by atoms with van der Waals surface area (Å²) in [6.07, 6.45) is 2.18. The van der Waals surface area contributed by atoms with Crippen molar-refractivity contribution < 1.29 is 35.9 Å². The predicted molar refractivity (Wildman–Crippen MR) is 117 cm³/mol. The highest BCUT2D eigenvalue weighted by molar-refractivity contribution is 6.15. The van der Waals surface area contributed by atoms with E-state index in [1.807, 2.05) is 12.1 Å². The lowest BCUT2D eigenvalue weighted by atomic mass is 9.99. The molecule has 0 spiro atoms. The number of hydrogen-bond donors (Lipinski definition) is 0. The van der Waals surface area contributed by atoms with E-state index in [9.17, 15) is 0 Å². The minimum Gasteiger partial charge on any atom is -1.00 e. The summed E-state index contributed by atoms with van der Waals surface area (Å²) in [5.74, 6) is 3.19. The Kier molecular flexibility index (Phi) is 4.26. The van der Waals surface area contributed by atoms with Crippen molar-refractivity contribution in [2.24, 2.45) is 0 Å². The molecule has 7 rings (SSSR count). The molecule has 2 aliphatic heterocycles. The zero-order valence-electron chi connectivity index (χ0n) is 17.0. The van der Waals surface area contributed by atoms with Gasteiger partial charge in [-0.05, 0) is 35.7 Å². The first-order valence-electron chi connectivity index (χ1n) is 10.3. The van der Waals surface area contributed by atoms with Crippen LogP contribution in [0.25, 0.3) is 32.4 Å². The van der Waals surface area contributed by atoms with Gasteiger partial charge in [-0.3, -0.25) is 0 Å². The Hall–Kier alpha value is -3.70. The predicted octanol–water partition coefficient (Wildman–Crippen LogP) is 1.94. The maximum Gasteiger partial charge on any atom is 0.231 e. The number of hydrogen-bond acceptors (Lipinski definition) is 4. The number of ether oxygens (including phenoxy) is 4. The van der Waals surface area contributed by atoms with Gasteiger partial charge in [0.2, 0.25) is 19.1 Å². The molecular formula is C26H18ClNO4. The highest BCUT2D eigenvalue weighted by Gasteiger charge is 2.25. The first-order valence-corrected chi connectivity index (χ1v) is 10.3. The fraction of sp³-hybridized carbons (Fsp3) is 0.115. The monoisotopic (exact) mass is 443 g/mol. The van der Waals surface area contributed by atoms with Gasteiger partial charge in [-0.25, -0.2) is 0 Å². The summed E-state index contributed by atoms with van der Waals surface area (Å²) in [5.41, 5.74) is 2.39. The van der Waals surface area contributed by atoms with Gasteiger partial charge in [0.25, 0.3) is 0 Å². The van der Waals surface area contributed by atoms with Gasteiger partial charge in [0.05, 0.1) is 16.2 Å². The molecular weight excluding hydrogens is 426 g/mol. The van der Waals surface area contributed by atoms with Crippen LogP contribution in [0.5, 0.6) is 23.0 Å². The SMILES string of the molecule is [Cl-].c1ccc(C[n+]2cc3c4c(ccc3c3ccc5cc6c(cc5c32)OCO6)OCO4)cc1. The number of aromatic nitrogens is 1. The van der Waals surface area contributed by atoms with Crippen molar-refractivity contribution in [3.8, 4) is 23.0 Å². The van der Waals surface area contributed by atoms with Crippen LogP contribution in [0.1, 0.15) is 5.56 Å². The van der Waals surface area contributed by atoms with E-state index < -0.39 is 0 Å². The third-order valence-corrected chi connectivity index (χ3v) is 6.12. The topological polar surface area (TPSA) is 40.8 Å². The largest absolute Gasteiger partial charge is 1.00 e. The molecule has 0 unspecified atom stereocenters. The lowest BCUT2D eigenvalue weighted by Crippen LogP contribution is -3.00. The molecule has 0 aliphatic carbocycles. The van der Waals surface area contributed by atoms with Crippen LogP contribution in [0.15, 0.2) is 72.9 Å². The van der Waals surface area contributed by atoms with Crippen LogP contribution in [0.4, 0.5) is 0 Å². The molecule has 0 radical (unpaired) electrons. The first-order chi connectivity index (χ1) is 15.3. The van der Waals surface area contributed by atoms with Gasteiger partial charge in [0.1, 0.15) is 0 Å². The highest BCUT2D eigenvalue weighted by atomic mass is 35.5. The summed E-state index contributed by atoms with van der Waals surface area (Å²) >= 11 is 0. The number of benzene rings is 4. The van der Waals surface area contributed by atoms with Gasteiger partial charge >= 0.3 is 0 Å². The van der Waals surface area contributed by atoms with Gasteiger partial charge < -0.3 is 31.4 Å². The molecule has 2 aliphatic rings. The Morgan fingerprint density at radius 1 is 0.656 bits per heavy atom. The van der Waals surface area contributed by atoms with Gasteiger partial charge in [-0.15, -0.1) is 0 Å². The number of rotatable bonds is 2. The van der Waals surface area contributed by atoms with E-state index >= 15 is 0 Å². The van der Waals surface area contributed by atoms with Crippen molar-refractivity contribution in [1.29, 1.82) is 0 Å². The van der Waals surface area contributed by atoms with Crippen LogP contribution in [-0.4, -0.2) is 13.6 Å². The molecule has 0 atom stereocenters. The minimum absolute atomic E-state index is 0. The fourth-order valence-corrected chi connectivity index (χ4v) is 4.71. The second kappa shape index (κ2) is 7.18. The molecule has 0 bridgehead atoms. The van der Waals surface area contributed by atoms with Crippen LogP contribution in [0, 0.1) is 0 Å². The van der Waals surface area contributed by atoms with Crippen molar-refractivity contribution in [3.63, 3.8) is 0 Å². The molecule has 0 N–H and O–H groups in total. The summed E-state index contributed by atoms with van der Waals surface area (Å²) in [6.45, 7) is 1.26. The van der Waals surface area contributed by atoms with E-state index in [1.54, 1.807) is 0 Å². The van der Waals surface area contributed by atoms with E-state index in [0.717, 1.165) is 62.0 Å². The lowest BCUT2D eigenvalue weighted by molar-refractivity contribution is -0.660. The van der Waals surface area contributed by atoms with Crippen LogP contribution >= 0.6 is 0 Å². The van der Waals surface area contributed by atoms with Crippen molar-refractivity contribution in [2.45, 2.75) is 6.54 Å². The second-order valence-corrected chi connectivity index (χ2v) is 7.89. The molecule has 3 heterocycles. The molecule has 6 heteroatoms. The Balaban J connectivity index is 0.00000196. The Morgan fingerprint density at radius 3 is 2.28 bits per heavy atom. The van der Waals surface area contributed by atoms with Gasteiger partial charge in [-0.1, -0.05) is 36.4 Å². The van der Waals surface area contributed by atoms with E-state index in [4.69, 9.17) is 18.9 Å². The maximum atomic E-state index is 5.84. The van der Waals surface area contributed by atoms with E-state index in [-0.39, 0.29) is 26.0 Å². The highest BCUT2D eigenvalue weighted by Crippen LogP contribution is 2.43. The smallest absolute Gasteiger partial charge is 0.231 e. The molecule has 5 aromatic rings. The fourth-order valence-electron chi connectivity index (χ4n) is 4.71. The van der Waals surface area contributed by atoms with Crippen LogP contribution < -0.4 is 35.9 Å². The molecule has 0 fully saturated rings. The quantitative estimate of drug-likeness (QED) is 0.309. The van der Waals surface area contributed by atoms with Gasteiger partial charge in [0.15, 0.2) is 35.7 Å². The van der Waals surface area contributed by atoms with E-state index in [1.165, 1.54) is 5.56 Å². The van der Waals surface area contributed by atoms with E-state index in [2.05, 4.69) is 65.4 Å². The zero-order valence-corrected chi connectivity index (χ0v) is 17.8. The summed E-state index contributed by atoms with van der Waals surface area (Å²) < 4.78 is 25.1. The van der Waals surface area contributed by atoms with Crippen molar-refractivity contribution in [1.82, 2.24) is 0 Å². The van der Waals surface area contributed by atoms with Crippen molar-refractivity contribution >= 4 is 32.4 Å². The number of fused-ring (bicyclic) bond motifs is 8. The molecule has 0 saturated heterocycles. The normalized spacial score (nSPS) is 13.6. The summed E-state index contributed by atoms with van der Waals surface area (Å²) in [6, 6.07) is 23.1.